The fraction of sp³-hybridized carbons (Fsp3) is 0.458. The molecule has 5 N–H and O–H groups in total. The maximum atomic E-state index is 13.1. The molecule has 0 aliphatic carbocycles. The van der Waals surface area contributed by atoms with Crippen LogP contribution in [0.25, 0.3) is 0 Å². The molecule has 9 nitrogen and oxygen atoms in total. The molecular weight excluding hydrogens is 454 g/mol. The molecule has 1 fully saturated rings. The van der Waals surface area contributed by atoms with Crippen LogP contribution in [0.2, 0.25) is 0 Å². The van der Waals surface area contributed by atoms with E-state index in [9.17, 15) is 9.59 Å². The number of hydrogen-bond donors (Lipinski definition) is 5. The van der Waals surface area contributed by atoms with Crippen molar-refractivity contribution in [3.05, 3.63) is 59.4 Å². The number of pyridine rings is 1. The van der Waals surface area contributed by atoms with Gasteiger partial charge in [0.05, 0.1) is 19.3 Å². The normalized spacial score (nSPS) is 22.0. The number of nitrogens with zero attached hydrogens (tertiary/aromatic N) is 1. The Kier molecular flexibility index (Phi) is 9.85. The third-order valence-corrected chi connectivity index (χ3v) is 6.23. The zero-order valence-electron chi connectivity index (χ0n) is 19.5. The van der Waals surface area contributed by atoms with Gasteiger partial charge in [-0.1, -0.05) is 44.0 Å². The van der Waals surface area contributed by atoms with E-state index in [-0.39, 0.29) is 29.5 Å². The van der Waals surface area contributed by atoms with Crippen molar-refractivity contribution < 1.29 is 19.1 Å². The standard InChI is InChI=1S/C24H33N5O4S/c1-15-16(2)33-22(24(31)29-19-7-8-27-20(13-19)23(25)30)21(15)18-5-3-17(4-6-18)14-26-9-11-32-12-10-28-34/h3-8,13,15-16,21-22,26,28,34H,9-12,14H2,1-2H3,(H2,25,30)(H,27,29,31)/t15-,16-,21+,22-/m1/s1. The number of aromatic nitrogens is 1. The average molecular weight is 488 g/mol. The third kappa shape index (κ3) is 7.00. The molecule has 34 heavy (non-hydrogen) atoms. The summed E-state index contributed by atoms with van der Waals surface area (Å²) in [5, 5.41) is 6.20. The fourth-order valence-electron chi connectivity index (χ4n) is 4.02. The molecule has 10 heteroatoms. The van der Waals surface area contributed by atoms with Crippen LogP contribution in [0.15, 0.2) is 42.6 Å². The SMILES string of the molecule is C[C@H]1[C@@H](c2ccc(CNCCOCCNS)cc2)[C@H](C(=O)Nc2ccnc(C(N)=O)c2)O[C@@H]1C. The van der Waals surface area contributed by atoms with E-state index in [1.807, 2.05) is 6.92 Å². The van der Waals surface area contributed by atoms with Gasteiger partial charge in [-0.05, 0) is 36.1 Å². The summed E-state index contributed by atoms with van der Waals surface area (Å²) in [6, 6.07) is 11.3. The van der Waals surface area contributed by atoms with E-state index in [0.717, 1.165) is 24.2 Å². The second-order valence-electron chi connectivity index (χ2n) is 8.37. The highest BCUT2D eigenvalue weighted by Crippen LogP contribution is 2.40. The van der Waals surface area contributed by atoms with Crippen molar-refractivity contribution in [1.29, 1.82) is 0 Å². The molecule has 0 bridgehead atoms. The molecule has 184 valence electrons. The summed E-state index contributed by atoms with van der Waals surface area (Å²) >= 11 is 3.92. The minimum atomic E-state index is -0.652. The Balaban J connectivity index is 1.61. The highest BCUT2D eigenvalue weighted by molar-refractivity contribution is 7.78. The van der Waals surface area contributed by atoms with Crippen LogP contribution in [0.5, 0.6) is 0 Å². The summed E-state index contributed by atoms with van der Waals surface area (Å²) in [6.07, 6.45) is 0.716. The Morgan fingerprint density at radius 3 is 2.59 bits per heavy atom. The van der Waals surface area contributed by atoms with Crippen LogP contribution >= 0.6 is 12.8 Å². The van der Waals surface area contributed by atoms with Gasteiger partial charge in [0.1, 0.15) is 11.8 Å². The number of amides is 2. The molecule has 0 spiro atoms. The maximum Gasteiger partial charge on any atom is 0.267 e. The lowest BCUT2D eigenvalue weighted by molar-refractivity contribution is -0.127. The molecular formula is C24H33N5O4S. The Hall–Kier alpha value is -2.50. The molecule has 3 rings (SSSR count). The Bertz CT molecular complexity index is 959. The second kappa shape index (κ2) is 12.8. The van der Waals surface area contributed by atoms with Gasteiger partial charge in [-0.15, -0.1) is 0 Å². The van der Waals surface area contributed by atoms with Crippen molar-refractivity contribution in [2.45, 2.75) is 38.5 Å². The van der Waals surface area contributed by atoms with Gasteiger partial charge in [-0.3, -0.25) is 19.3 Å². The van der Waals surface area contributed by atoms with Gasteiger partial charge >= 0.3 is 0 Å². The second-order valence-corrected chi connectivity index (χ2v) is 8.69. The highest BCUT2D eigenvalue weighted by Gasteiger charge is 2.44. The van der Waals surface area contributed by atoms with E-state index in [2.05, 4.69) is 64.3 Å². The van der Waals surface area contributed by atoms with Crippen molar-refractivity contribution in [1.82, 2.24) is 15.0 Å². The number of hydrogen-bond acceptors (Lipinski definition) is 8. The number of thiol groups is 1. The zero-order valence-corrected chi connectivity index (χ0v) is 20.4. The van der Waals surface area contributed by atoms with E-state index >= 15 is 0 Å². The topological polar surface area (TPSA) is 128 Å². The van der Waals surface area contributed by atoms with E-state index in [0.29, 0.717) is 25.4 Å². The number of benzene rings is 1. The molecule has 1 aromatic carbocycles. The predicted octanol–water partition coefficient (Wildman–Crippen LogP) is 1.87. The fourth-order valence-corrected chi connectivity index (χ4v) is 4.11. The highest BCUT2D eigenvalue weighted by atomic mass is 32.1. The van der Waals surface area contributed by atoms with Crippen LogP contribution in [0.4, 0.5) is 5.69 Å². The first-order chi connectivity index (χ1) is 16.4. The predicted molar refractivity (Wildman–Crippen MR) is 134 cm³/mol. The van der Waals surface area contributed by atoms with E-state index in [4.69, 9.17) is 15.2 Å². The van der Waals surface area contributed by atoms with E-state index in [1.54, 1.807) is 6.07 Å². The van der Waals surface area contributed by atoms with Crippen LogP contribution < -0.4 is 21.1 Å². The van der Waals surface area contributed by atoms with Gasteiger partial charge in [0.2, 0.25) is 0 Å². The van der Waals surface area contributed by atoms with Gasteiger partial charge < -0.3 is 25.8 Å². The number of nitrogens with one attached hydrogen (secondary N) is 3. The van der Waals surface area contributed by atoms with Gasteiger partial charge in [-0.2, -0.15) is 0 Å². The van der Waals surface area contributed by atoms with Crippen LogP contribution in [0.3, 0.4) is 0 Å². The lowest BCUT2D eigenvalue weighted by atomic mass is 9.82. The van der Waals surface area contributed by atoms with Crippen molar-refractivity contribution in [3.63, 3.8) is 0 Å². The van der Waals surface area contributed by atoms with Crippen LogP contribution in [0, 0.1) is 5.92 Å². The minimum absolute atomic E-state index is 0.0709. The van der Waals surface area contributed by atoms with Crippen LogP contribution in [-0.2, 0) is 20.8 Å². The van der Waals surface area contributed by atoms with Crippen LogP contribution in [0.1, 0.15) is 41.4 Å². The summed E-state index contributed by atoms with van der Waals surface area (Å²) in [7, 11) is 0. The number of rotatable bonds is 12. The molecule has 2 aromatic rings. The van der Waals surface area contributed by atoms with E-state index in [1.165, 1.54) is 12.3 Å². The largest absolute Gasteiger partial charge is 0.379 e. The van der Waals surface area contributed by atoms with Gasteiger partial charge in [-0.25, -0.2) is 0 Å². The molecule has 0 unspecified atom stereocenters. The van der Waals surface area contributed by atoms with E-state index < -0.39 is 12.0 Å². The monoisotopic (exact) mass is 487 g/mol. The lowest BCUT2D eigenvalue weighted by Gasteiger charge is -2.21. The van der Waals surface area contributed by atoms with Crippen molar-refractivity contribution >= 4 is 30.3 Å². The number of carbonyl (C=O) groups is 2. The summed E-state index contributed by atoms with van der Waals surface area (Å²) in [5.41, 5.74) is 8.04. The quantitative estimate of drug-likeness (QED) is 0.228. The minimum Gasteiger partial charge on any atom is -0.379 e. The lowest BCUT2D eigenvalue weighted by Crippen LogP contribution is -2.32. The maximum absolute atomic E-state index is 13.1. The van der Waals surface area contributed by atoms with Crippen LogP contribution in [-0.4, -0.2) is 55.3 Å². The molecule has 0 saturated carbocycles. The van der Waals surface area contributed by atoms with Gasteiger partial charge in [0, 0.05) is 37.4 Å². The van der Waals surface area contributed by atoms with Crippen molar-refractivity contribution in [3.8, 4) is 0 Å². The molecule has 1 saturated heterocycles. The molecule has 1 aliphatic rings. The average Bonchev–Trinajstić information content (AvgIpc) is 3.13. The number of nitrogens with two attached hydrogens (primary N) is 1. The van der Waals surface area contributed by atoms with Gasteiger partial charge in [0.15, 0.2) is 0 Å². The Labute approximate surface area is 205 Å². The van der Waals surface area contributed by atoms with Gasteiger partial charge in [0.25, 0.3) is 11.8 Å². The first kappa shape index (κ1) is 26.1. The smallest absolute Gasteiger partial charge is 0.267 e. The van der Waals surface area contributed by atoms with Crippen molar-refractivity contribution in [2.75, 3.05) is 31.6 Å². The number of primary amides is 1. The molecule has 1 aliphatic heterocycles. The number of anilines is 1. The number of carbonyl (C=O) groups excluding carboxylic acids is 2. The first-order valence-corrected chi connectivity index (χ1v) is 11.8. The Morgan fingerprint density at radius 2 is 1.88 bits per heavy atom. The summed E-state index contributed by atoms with van der Waals surface area (Å²) in [6.45, 7) is 7.54. The van der Waals surface area contributed by atoms with Crippen molar-refractivity contribution in [2.24, 2.45) is 11.7 Å². The summed E-state index contributed by atoms with van der Waals surface area (Å²) in [4.78, 5) is 28.4. The Morgan fingerprint density at radius 1 is 1.15 bits per heavy atom. The molecule has 2 heterocycles. The molecule has 2 amide bonds. The summed E-state index contributed by atoms with van der Waals surface area (Å²) in [5.74, 6) is -0.853. The molecule has 1 aromatic heterocycles. The summed E-state index contributed by atoms with van der Waals surface area (Å²) < 4.78 is 14.3. The third-order valence-electron chi connectivity index (χ3n) is 6.01. The molecule has 4 atom stereocenters. The zero-order chi connectivity index (χ0) is 24.5. The molecule has 0 radical (unpaired) electrons. The number of ether oxygens (including phenoxy) is 2. The first-order valence-electron chi connectivity index (χ1n) is 11.4.